The summed E-state index contributed by atoms with van der Waals surface area (Å²) < 4.78 is 72.3. The Morgan fingerprint density at radius 3 is 2.02 bits per heavy atom. The first-order valence-electron chi connectivity index (χ1n) is 15.6. The molecule has 2 amide bonds. The molecule has 0 aromatic heterocycles. The number of benzene rings is 3. The van der Waals surface area contributed by atoms with E-state index in [1.165, 1.54) is 31.3 Å². The van der Waals surface area contributed by atoms with Crippen LogP contribution in [0, 0.1) is 5.82 Å². The van der Waals surface area contributed by atoms with Gasteiger partial charge in [0.15, 0.2) is 0 Å². The molecule has 0 aliphatic carbocycles. The molecular formula is C33H39Cl3FN5O6S2. The van der Waals surface area contributed by atoms with Gasteiger partial charge in [-0.2, -0.15) is 0 Å². The lowest BCUT2D eigenvalue weighted by atomic mass is 9.93. The standard InChI is InChI=1S/C33H38Cl2FN5O6S2.ClH/c1-5-47-28-21-27(36)29(49(45,46)38(2)3)20-26(28)32-37-30(22-6-10-24(34)11-7-22)31(23-8-12-25(35)13-9-23)41(32)33(42)40-16-14-39(15-17-40)18-19-48(4,43)44;/h6-13,20-21,30-31H,5,14-19H2,1-4H3;1H/t30-,31+;/m0./s1. The summed E-state index contributed by atoms with van der Waals surface area (Å²) in [6.07, 6.45) is 1.19. The van der Waals surface area contributed by atoms with Crippen molar-refractivity contribution in [2.75, 3.05) is 65.4 Å². The fourth-order valence-corrected chi connectivity index (χ4v) is 7.65. The number of piperazine rings is 1. The van der Waals surface area contributed by atoms with Crippen LogP contribution in [0.2, 0.25) is 10.0 Å². The number of amides is 2. The zero-order chi connectivity index (χ0) is 35.7. The van der Waals surface area contributed by atoms with Crippen molar-refractivity contribution in [3.8, 4) is 5.75 Å². The third kappa shape index (κ3) is 8.72. The number of urea groups is 1. The highest BCUT2D eigenvalue weighted by molar-refractivity contribution is 7.90. The largest absolute Gasteiger partial charge is 0.493 e. The maximum absolute atomic E-state index is 15.5. The molecular weight excluding hydrogens is 752 g/mol. The molecule has 2 atom stereocenters. The van der Waals surface area contributed by atoms with Gasteiger partial charge in [0.05, 0.1) is 24.0 Å². The molecule has 11 nitrogen and oxygen atoms in total. The number of amidine groups is 1. The Morgan fingerprint density at radius 2 is 1.50 bits per heavy atom. The van der Waals surface area contributed by atoms with Crippen LogP contribution in [0.25, 0.3) is 0 Å². The Labute approximate surface area is 309 Å². The lowest BCUT2D eigenvalue weighted by Crippen LogP contribution is -2.54. The topological polar surface area (TPSA) is 120 Å². The third-order valence-electron chi connectivity index (χ3n) is 8.45. The lowest BCUT2D eigenvalue weighted by Gasteiger charge is -2.39. The lowest BCUT2D eigenvalue weighted by molar-refractivity contribution is 0.122. The van der Waals surface area contributed by atoms with Gasteiger partial charge >= 0.3 is 6.03 Å². The second kappa shape index (κ2) is 16.1. The summed E-state index contributed by atoms with van der Waals surface area (Å²) in [5.74, 6) is -0.880. The van der Waals surface area contributed by atoms with E-state index in [1.807, 2.05) is 17.0 Å². The van der Waals surface area contributed by atoms with E-state index in [-0.39, 0.29) is 41.9 Å². The number of halogens is 4. The molecule has 5 rings (SSSR count). The average molecular weight is 791 g/mol. The molecule has 0 saturated carbocycles. The summed E-state index contributed by atoms with van der Waals surface area (Å²) in [5, 5.41) is 0.996. The summed E-state index contributed by atoms with van der Waals surface area (Å²) in [7, 11) is -4.81. The monoisotopic (exact) mass is 789 g/mol. The number of hydrogen-bond acceptors (Lipinski definition) is 8. The van der Waals surface area contributed by atoms with Gasteiger partial charge in [-0.1, -0.05) is 47.5 Å². The first kappa shape index (κ1) is 39.8. The SMILES string of the molecule is CCOc1cc(F)c(S(=O)(=O)N(C)C)cc1C1=N[C@@H](c2ccc(Cl)cc2)[C@@H](c2ccc(Cl)cc2)N1C(=O)N1CCN(CCS(C)(=O)=O)CC1.Cl. The van der Waals surface area contributed by atoms with Crippen LogP contribution in [0.15, 0.2) is 70.6 Å². The second-order valence-electron chi connectivity index (χ2n) is 12.1. The van der Waals surface area contributed by atoms with Crippen molar-refractivity contribution in [1.29, 1.82) is 0 Å². The fourth-order valence-electron chi connectivity index (χ4n) is 5.84. The normalized spacial score (nSPS) is 18.6. The number of nitrogens with zero attached hydrogens (tertiary/aromatic N) is 5. The van der Waals surface area contributed by atoms with Gasteiger partial charge in [-0.3, -0.25) is 14.8 Å². The first-order valence-corrected chi connectivity index (χ1v) is 19.8. The molecule has 0 N–H and O–H groups in total. The molecule has 3 aromatic rings. The molecule has 2 aliphatic rings. The van der Waals surface area contributed by atoms with E-state index in [0.717, 1.165) is 15.9 Å². The molecule has 0 bridgehead atoms. The number of rotatable bonds is 10. The highest BCUT2D eigenvalue weighted by Gasteiger charge is 2.45. The van der Waals surface area contributed by atoms with E-state index in [4.69, 9.17) is 32.9 Å². The van der Waals surface area contributed by atoms with Crippen LogP contribution in [-0.4, -0.2) is 113 Å². The van der Waals surface area contributed by atoms with Crippen LogP contribution in [0.4, 0.5) is 9.18 Å². The summed E-state index contributed by atoms with van der Waals surface area (Å²) in [5.41, 5.74) is 1.55. The highest BCUT2D eigenvalue weighted by atomic mass is 35.5. The Bertz CT molecular complexity index is 1940. The minimum atomic E-state index is -4.26. The number of carbonyl (C=O) groups is 1. The van der Waals surface area contributed by atoms with Gasteiger partial charge in [0.2, 0.25) is 10.0 Å². The number of aliphatic imine (C=N–C) groups is 1. The molecule has 1 fully saturated rings. The quantitative estimate of drug-likeness (QED) is 0.265. The van der Waals surface area contributed by atoms with Crippen molar-refractivity contribution in [1.82, 2.24) is 19.0 Å². The summed E-state index contributed by atoms with van der Waals surface area (Å²) in [6, 6.07) is 14.4. The minimum absolute atomic E-state index is 0. The minimum Gasteiger partial charge on any atom is -0.493 e. The Kier molecular flexibility index (Phi) is 12.8. The van der Waals surface area contributed by atoms with Gasteiger partial charge in [-0.05, 0) is 48.4 Å². The van der Waals surface area contributed by atoms with E-state index in [1.54, 1.807) is 48.2 Å². The fraction of sp³-hybridized carbons (Fsp3) is 0.394. The van der Waals surface area contributed by atoms with Gasteiger partial charge in [0.25, 0.3) is 0 Å². The third-order valence-corrected chi connectivity index (χ3v) is 11.7. The average Bonchev–Trinajstić information content (AvgIpc) is 3.44. The molecule has 3 aromatic carbocycles. The van der Waals surface area contributed by atoms with Crippen molar-refractivity contribution in [2.45, 2.75) is 23.9 Å². The zero-order valence-corrected chi connectivity index (χ0v) is 31.9. The van der Waals surface area contributed by atoms with Crippen molar-refractivity contribution >= 4 is 67.3 Å². The van der Waals surface area contributed by atoms with E-state index >= 15 is 4.39 Å². The van der Waals surface area contributed by atoms with Crippen molar-refractivity contribution in [2.24, 2.45) is 4.99 Å². The second-order valence-corrected chi connectivity index (χ2v) is 17.3. The van der Waals surface area contributed by atoms with E-state index in [2.05, 4.69) is 0 Å². The number of sulfone groups is 1. The maximum Gasteiger partial charge on any atom is 0.326 e. The first-order chi connectivity index (χ1) is 23.1. The van der Waals surface area contributed by atoms with Gasteiger partial charge in [0.1, 0.15) is 38.2 Å². The smallest absolute Gasteiger partial charge is 0.326 e. The predicted octanol–water partition coefficient (Wildman–Crippen LogP) is 5.53. The molecule has 1 saturated heterocycles. The number of sulfonamides is 1. The molecule has 0 unspecified atom stereocenters. The van der Waals surface area contributed by atoms with Crippen LogP contribution in [0.3, 0.4) is 0 Å². The molecule has 0 spiro atoms. The molecule has 17 heteroatoms. The number of hydrogen-bond donors (Lipinski definition) is 0. The molecule has 50 heavy (non-hydrogen) atoms. The molecule has 2 heterocycles. The summed E-state index contributed by atoms with van der Waals surface area (Å²) >= 11 is 12.5. The van der Waals surface area contributed by atoms with Crippen LogP contribution >= 0.6 is 35.6 Å². The van der Waals surface area contributed by atoms with Gasteiger partial charge in [0, 0.05) is 69.2 Å². The predicted molar refractivity (Wildman–Crippen MR) is 196 cm³/mol. The van der Waals surface area contributed by atoms with Crippen LogP contribution in [0.5, 0.6) is 5.75 Å². The summed E-state index contributed by atoms with van der Waals surface area (Å²) in [6.45, 7) is 3.67. The Morgan fingerprint density at radius 1 is 0.940 bits per heavy atom. The molecule has 2 aliphatic heterocycles. The van der Waals surface area contributed by atoms with Gasteiger partial charge in [-0.25, -0.2) is 30.3 Å². The Hall–Kier alpha value is -2.98. The molecule has 272 valence electrons. The number of ether oxygens (including phenoxy) is 1. The van der Waals surface area contributed by atoms with Gasteiger partial charge in [-0.15, -0.1) is 12.4 Å². The van der Waals surface area contributed by atoms with Crippen LogP contribution in [-0.2, 0) is 19.9 Å². The van der Waals surface area contributed by atoms with Crippen LogP contribution in [0.1, 0.15) is 35.7 Å². The van der Waals surface area contributed by atoms with E-state index in [0.29, 0.717) is 48.3 Å². The summed E-state index contributed by atoms with van der Waals surface area (Å²) in [4.78, 5) is 24.4. The van der Waals surface area contributed by atoms with Crippen molar-refractivity contribution < 1.29 is 30.8 Å². The highest BCUT2D eigenvalue weighted by Crippen LogP contribution is 2.46. The Balaban J connectivity index is 0.00000562. The van der Waals surface area contributed by atoms with Crippen LogP contribution < -0.4 is 4.74 Å². The van der Waals surface area contributed by atoms with Crippen molar-refractivity contribution in [3.63, 3.8) is 0 Å². The van der Waals surface area contributed by atoms with Crippen molar-refractivity contribution in [3.05, 3.63) is 93.2 Å². The molecule has 0 radical (unpaired) electrons. The maximum atomic E-state index is 15.5. The zero-order valence-electron chi connectivity index (χ0n) is 27.9. The number of carbonyl (C=O) groups excluding carboxylic acids is 1. The van der Waals surface area contributed by atoms with E-state index in [9.17, 15) is 21.6 Å². The van der Waals surface area contributed by atoms with Gasteiger partial charge < -0.3 is 9.64 Å². The van der Waals surface area contributed by atoms with E-state index < -0.39 is 48.7 Å².